The molecule has 1 aromatic carbocycles. The highest BCUT2D eigenvalue weighted by Gasteiger charge is 2.34. The van der Waals surface area contributed by atoms with Crippen molar-refractivity contribution in [1.82, 2.24) is 24.3 Å². The van der Waals surface area contributed by atoms with E-state index in [-0.39, 0.29) is 18.5 Å². The first-order valence-corrected chi connectivity index (χ1v) is 13.1. The average Bonchev–Trinajstić information content (AvgIpc) is 3.55. The molecule has 4 heterocycles. The molecule has 3 aromatic rings. The normalized spacial score (nSPS) is 18.8. The van der Waals surface area contributed by atoms with Gasteiger partial charge in [0.25, 0.3) is 0 Å². The lowest BCUT2D eigenvalue weighted by molar-refractivity contribution is -0.138. The summed E-state index contributed by atoms with van der Waals surface area (Å²) in [6.07, 6.45) is 2.63. The van der Waals surface area contributed by atoms with E-state index in [0.717, 1.165) is 55.5 Å². The van der Waals surface area contributed by atoms with Crippen molar-refractivity contribution in [1.29, 1.82) is 0 Å². The first-order valence-electron chi connectivity index (χ1n) is 13.1. The molecule has 5 rings (SSSR count). The minimum atomic E-state index is -4.45. The summed E-state index contributed by atoms with van der Waals surface area (Å²) in [6.45, 7) is 2.97. The second-order valence-electron chi connectivity index (χ2n) is 10.4. The number of primary amides is 1. The zero-order valence-electron chi connectivity index (χ0n) is 21.8. The number of anilines is 1. The van der Waals surface area contributed by atoms with Crippen LogP contribution in [0.4, 0.5) is 19.1 Å². The number of alkyl halides is 3. The molecule has 0 bridgehead atoms. The number of aromatic nitrogens is 3. The molecule has 2 aliphatic rings. The molecule has 2 N–H and O–H groups in total. The summed E-state index contributed by atoms with van der Waals surface area (Å²) in [5.74, 6) is -0.143. The maximum absolute atomic E-state index is 13.3. The number of carbonyl (C=O) groups is 2. The Bertz CT molecular complexity index is 1330. The zero-order valence-corrected chi connectivity index (χ0v) is 21.8. The molecule has 0 aliphatic carbocycles. The lowest BCUT2D eigenvalue weighted by atomic mass is 10.0. The minimum absolute atomic E-state index is 0.0437. The molecule has 9 nitrogen and oxygen atoms in total. The Kier molecular flexibility index (Phi) is 7.48. The number of fused-ring (bicyclic) bond motifs is 1. The average molecular weight is 544 g/mol. The highest BCUT2D eigenvalue weighted by atomic mass is 19.4. The summed E-state index contributed by atoms with van der Waals surface area (Å²) in [6, 6.07) is 7.58. The second-order valence-corrected chi connectivity index (χ2v) is 10.4. The number of rotatable bonds is 7. The van der Waals surface area contributed by atoms with Crippen LogP contribution in [0.5, 0.6) is 0 Å². The molecule has 2 amide bonds. The van der Waals surface area contributed by atoms with Crippen molar-refractivity contribution < 1.29 is 22.8 Å². The fraction of sp³-hybridized carbons (Fsp3) is 0.481. The number of likely N-dealkylation sites (N-methyl/N-ethyl adjacent to an activating group) is 1. The Hall–Kier alpha value is -3.67. The molecule has 39 heavy (non-hydrogen) atoms. The Morgan fingerprint density at radius 3 is 2.46 bits per heavy atom. The molecule has 1 atom stereocenters. The van der Waals surface area contributed by atoms with Gasteiger partial charge in [0.2, 0.25) is 17.8 Å². The lowest BCUT2D eigenvalue weighted by Gasteiger charge is -2.38. The molecule has 0 radical (unpaired) electrons. The Balaban J connectivity index is 1.16. The van der Waals surface area contributed by atoms with Crippen LogP contribution in [0.3, 0.4) is 0 Å². The van der Waals surface area contributed by atoms with Crippen molar-refractivity contribution in [3.63, 3.8) is 0 Å². The molecule has 1 unspecified atom stereocenters. The van der Waals surface area contributed by atoms with Gasteiger partial charge in [-0.05, 0) is 56.3 Å². The number of halogens is 3. The largest absolute Gasteiger partial charge is 0.419 e. The standard InChI is InChI=1S/C27H32F3N7O2/c1-34(21-7-11-35(12-8-21)26-32-14-20(15-33-26)27(28,29)30)16-22-3-2-9-37(22)24(38)17-36-10-6-18-4-5-19(25(31)39)13-23(18)36/h4-6,10,13-15,21-22H,2-3,7-9,11-12,16-17H2,1H3,(H2,31,39). The van der Waals surface area contributed by atoms with Crippen LogP contribution in [-0.4, -0.2) is 81.5 Å². The van der Waals surface area contributed by atoms with E-state index >= 15 is 0 Å². The predicted octanol–water partition coefficient (Wildman–Crippen LogP) is 3.14. The molecule has 0 saturated carbocycles. The van der Waals surface area contributed by atoms with Gasteiger partial charge in [0.1, 0.15) is 6.54 Å². The number of carbonyl (C=O) groups excluding carboxylic acids is 2. The maximum atomic E-state index is 13.3. The molecule has 208 valence electrons. The Morgan fingerprint density at radius 2 is 1.79 bits per heavy atom. The van der Waals surface area contributed by atoms with Crippen LogP contribution in [0.1, 0.15) is 41.6 Å². The van der Waals surface area contributed by atoms with E-state index in [1.807, 2.05) is 32.7 Å². The Labute approximate surface area is 224 Å². The molecular formula is C27H32F3N7O2. The third-order valence-corrected chi connectivity index (χ3v) is 7.90. The summed E-state index contributed by atoms with van der Waals surface area (Å²) in [7, 11) is 2.07. The van der Waals surface area contributed by atoms with E-state index in [4.69, 9.17) is 5.73 Å². The second kappa shape index (κ2) is 10.8. The predicted molar refractivity (Wildman–Crippen MR) is 140 cm³/mol. The van der Waals surface area contributed by atoms with Crippen molar-refractivity contribution in [2.45, 2.75) is 50.5 Å². The summed E-state index contributed by atoms with van der Waals surface area (Å²) in [5.41, 5.74) is 5.79. The molecule has 2 aromatic heterocycles. The van der Waals surface area contributed by atoms with Gasteiger partial charge < -0.3 is 25.0 Å². The van der Waals surface area contributed by atoms with Crippen LogP contribution in [0.15, 0.2) is 42.9 Å². The van der Waals surface area contributed by atoms with Gasteiger partial charge in [-0.25, -0.2) is 9.97 Å². The van der Waals surface area contributed by atoms with Gasteiger partial charge in [-0.15, -0.1) is 0 Å². The monoisotopic (exact) mass is 543 g/mol. The first kappa shape index (κ1) is 26.9. The fourth-order valence-corrected chi connectivity index (χ4v) is 5.68. The number of benzene rings is 1. The van der Waals surface area contributed by atoms with E-state index in [1.165, 1.54) is 0 Å². The number of piperidine rings is 1. The van der Waals surface area contributed by atoms with Gasteiger partial charge in [-0.3, -0.25) is 9.59 Å². The fourth-order valence-electron chi connectivity index (χ4n) is 5.68. The van der Waals surface area contributed by atoms with E-state index in [9.17, 15) is 22.8 Å². The number of amides is 2. The molecule has 2 aliphatic heterocycles. The maximum Gasteiger partial charge on any atom is 0.419 e. The summed E-state index contributed by atoms with van der Waals surface area (Å²) >= 11 is 0. The van der Waals surface area contributed by atoms with Gasteiger partial charge in [0, 0.05) is 67.9 Å². The number of nitrogens with two attached hydrogens (primary N) is 1. The summed E-state index contributed by atoms with van der Waals surface area (Å²) in [4.78, 5) is 39.0. The van der Waals surface area contributed by atoms with Crippen LogP contribution in [0.2, 0.25) is 0 Å². The highest BCUT2D eigenvalue weighted by molar-refractivity contribution is 5.97. The van der Waals surface area contributed by atoms with Crippen LogP contribution in [0.25, 0.3) is 10.9 Å². The lowest BCUT2D eigenvalue weighted by Crippen LogP contribution is -2.49. The number of hydrogen-bond donors (Lipinski definition) is 1. The van der Waals surface area contributed by atoms with Gasteiger partial charge in [0.05, 0.1) is 5.56 Å². The van der Waals surface area contributed by atoms with Crippen molar-refractivity contribution in [2.24, 2.45) is 5.73 Å². The summed E-state index contributed by atoms with van der Waals surface area (Å²) in [5, 5.41) is 0.943. The molecule has 0 spiro atoms. The first-order chi connectivity index (χ1) is 18.6. The third-order valence-electron chi connectivity index (χ3n) is 7.90. The van der Waals surface area contributed by atoms with Gasteiger partial charge in [0.15, 0.2) is 0 Å². The van der Waals surface area contributed by atoms with Gasteiger partial charge in [-0.1, -0.05) is 6.07 Å². The van der Waals surface area contributed by atoms with Crippen molar-refractivity contribution in [2.75, 3.05) is 38.1 Å². The van der Waals surface area contributed by atoms with Gasteiger partial charge >= 0.3 is 6.18 Å². The number of hydrogen-bond acceptors (Lipinski definition) is 6. The Morgan fingerprint density at radius 1 is 1.08 bits per heavy atom. The van der Waals surface area contributed by atoms with Gasteiger partial charge in [-0.2, -0.15) is 13.2 Å². The van der Waals surface area contributed by atoms with Crippen LogP contribution < -0.4 is 10.6 Å². The van der Waals surface area contributed by atoms with Crippen LogP contribution in [0, 0.1) is 0 Å². The molecular weight excluding hydrogens is 511 g/mol. The number of likely N-dealkylation sites (tertiary alicyclic amines) is 1. The topological polar surface area (TPSA) is 101 Å². The minimum Gasteiger partial charge on any atom is -0.366 e. The smallest absolute Gasteiger partial charge is 0.366 e. The van der Waals surface area contributed by atoms with Crippen LogP contribution >= 0.6 is 0 Å². The van der Waals surface area contributed by atoms with Crippen LogP contribution in [-0.2, 0) is 17.5 Å². The zero-order chi connectivity index (χ0) is 27.7. The quantitative estimate of drug-likeness (QED) is 0.492. The van der Waals surface area contributed by atoms with E-state index in [2.05, 4.69) is 21.9 Å². The summed E-state index contributed by atoms with van der Waals surface area (Å²) < 4.78 is 40.3. The van der Waals surface area contributed by atoms with E-state index < -0.39 is 17.6 Å². The highest BCUT2D eigenvalue weighted by Crippen LogP contribution is 2.29. The van der Waals surface area contributed by atoms with Crippen molar-refractivity contribution in [3.05, 3.63) is 54.0 Å². The SMILES string of the molecule is CN(CC1CCCN1C(=O)Cn1ccc2ccc(C(N)=O)cc21)C1CCN(c2ncc(C(F)(F)F)cn2)CC1. The molecule has 2 saturated heterocycles. The third kappa shape index (κ3) is 5.85. The van der Waals surface area contributed by atoms with Crippen molar-refractivity contribution >= 4 is 28.7 Å². The van der Waals surface area contributed by atoms with E-state index in [1.54, 1.807) is 12.1 Å². The number of nitrogens with zero attached hydrogens (tertiary/aromatic N) is 6. The molecule has 12 heteroatoms. The van der Waals surface area contributed by atoms with E-state index in [0.29, 0.717) is 37.2 Å². The van der Waals surface area contributed by atoms with Crippen molar-refractivity contribution in [3.8, 4) is 0 Å². The molecule has 2 fully saturated rings.